The zero-order chi connectivity index (χ0) is 37.5. The highest BCUT2D eigenvalue weighted by Crippen LogP contribution is 2.33. The normalized spacial score (nSPS) is 17.2. The maximum atomic E-state index is 10.9. The van der Waals surface area contributed by atoms with Gasteiger partial charge in [0, 0.05) is 13.1 Å². The van der Waals surface area contributed by atoms with Crippen molar-refractivity contribution >= 4 is 0 Å². The van der Waals surface area contributed by atoms with Crippen LogP contribution in [0.25, 0.3) is 0 Å². The first-order valence-electron chi connectivity index (χ1n) is 19.9. The minimum atomic E-state index is -0.529. The molecule has 2 heterocycles. The summed E-state index contributed by atoms with van der Waals surface area (Å²) in [6.07, 6.45) is 7.18. The second-order valence-corrected chi connectivity index (χ2v) is 15.1. The second kappa shape index (κ2) is 20.6. The van der Waals surface area contributed by atoms with Crippen molar-refractivity contribution in [2.75, 3.05) is 66.7 Å². The summed E-state index contributed by atoms with van der Waals surface area (Å²) >= 11 is 0. The lowest BCUT2D eigenvalue weighted by molar-refractivity contribution is 0.0306. The Kier molecular flexibility index (Phi) is 15.1. The van der Waals surface area contributed by atoms with Gasteiger partial charge in [-0.25, -0.2) is 0 Å². The molecule has 0 aromatic heterocycles. The SMILES string of the molecule is COc1cccc(CCc2ccccc2OCC(O)CN2CCC(C3CCN(CC(O)COc4ccccc4CCc4cccc(OC)c4)CC3)CC2)c1. The van der Waals surface area contributed by atoms with E-state index in [1.807, 2.05) is 60.7 Å². The molecule has 6 rings (SSSR count). The molecule has 2 N–H and O–H groups in total. The third kappa shape index (κ3) is 12.0. The second-order valence-electron chi connectivity index (χ2n) is 15.1. The van der Waals surface area contributed by atoms with Gasteiger partial charge in [-0.3, -0.25) is 0 Å². The van der Waals surface area contributed by atoms with Crippen molar-refractivity contribution < 1.29 is 29.2 Å². The first kappa shape index (κ1) is 39.6. The van der Waals surface area contributed by atoms with E-state index in [9.17, 15) is 10.2 Å². The molecule has 0 saturated carbocycles. The molecule has 2 aliphatic rings. The molecule has 290 valence electrons. The number of aliphatic hydroxyl groups is 2. The van der Waals surface area contributed by atoms with Gasteiger partial charge < -0.3 is 39.0 Å². The number of methoxy groups -OCH3 is 2. The number of aliphatic hydroxyl groups excluding tert-OH is 2. The van der Waals surface area contributed by atoms with Crippen molar-refractivity contribution in [1.82, 2.24) is 9.80 Å². The predicted octanol–water partition coefficient (Wildman–Crippen LogP) is 6.88. The molecule has 0 bridgehead atoms. The number of para-hydroxylation sites is 2. The van der Waals surface area contributed by atoms with E-state index >= 15 is 0 Å². The molecular weight excluding hydrogens is 677 g/mol. The number of rotatable bonds is 19. The zero-order valence-electron chi connectivity index (χ0n) is 32.3. The van der Waals surface area contributed by atoms with Crippen LogP contribution in [-0.2, 0) is 25.7 Å². The summed E-state index contributed by atoms with van der Waals surface area (Å²) in [5, 5.41) is 21.8. The average Bonchev–Trinajstić information content (AvgIpc) is 3.22. The Labute approximate surface area is 322 Å². The van der Waals surface area contributed by atoms with Crippen molar-refractivity contribution in [3.63, 3.8) is 0 Å². The van der Waals surface area contributed by atoms with Crippen LogP contribution in [0.4, 0.5) is 0 Å². The number of β-amino-alcohol motifs (C(OH)–C–C–N with tert-alkyl or cyclic N) is 2. The topological polar surface area (TPSA) is 83.9 Å². The van der Waals surface area contributed by atoms with Crippen LogP contribution in [0.15, 0.2) is 97.1 Å². The van der Waals surface area contributed by atoms with Crippen molar-refractivity contribution in [3.05, 3.63) is 119 Å². The highest BCUT2D eigenvalue weighted by molar-refractivity contribution is 5.36. The molecule has 8 heteroatoms. The smallest absolute Gasteiger partial charge is 0.122 e. The molecule has 2 aliphatic heterocycles. The molecule has 2 unspecified atom stereocenters. The van der Waals surface area contributed by atoms with Gasteiger partial charge in [0.05, 0.1) is 14.2 Å². The molecule has 2 atom stereocenters. The van der Waals surface area contributed by atoms with Crippen LogP contribution < -0.4 is 18.9 Å². The highest BCUT2D eigenvalue weighted by atomic mass is 16.5. The number of hydrogen-bond acceptors (Lipinski definition) is 8. The number of hydrogen-bond donors (Lipinski definition) is 2. The summed E-state index contributed by atoms with van der Waals surface area (Å²) in [4.78, 5) is 4.81. The van der Waals surface area contributed by atoms with E-state index in [-0.39, 0.29) is 0 Å². The lowest BCUT2D eigenvalue weighted by atomic mass is 9.78. The molecule has 2 saturated heterocycles. The quantitative estimate of drug-likeness (QED) is 0.108. The number of aryl methyl sites for hydroxylation is 4. The zero-order valence-corrected chi connectivity index (χ0v) is 32.3. The minimum absolute atomic E-state index is 0.294. The van der Waals surface area contributed by atoms with Gasteiger partial charge in [-0.2, -0.15) is 0 Å². The third-order valence-electron chi connectivity index (χ3n) is 11.3. The summed E-state index contributed by atoms with van der Waals surface area (Å²) in [6.45, 7) is 5.97. The average molecular weight is 737 g/mol. The van der Waals surface area contributed by atoms with Crippen LogP contribution >= 0.6 is 0 Å². The molecule has 4 aromatic carbocycles. The first-order chi connectivity index (χ1) is 26.4. The predicted molar refractivity (Wildman–Crippen MR) is 215 cm³/mol. The number of ether oxygens (including phenoxy) is 4. The molecule has 54 heavy (non-hydrogen) atoms. The van der Waals surface area contributed by atoms with Gasteiger partial charge in [-0.15, -0.1) is 0 Å². The van der Waals surface area contributed by atoms with Crippen LogP contribution in [0.2, 0.25) is 0 Å². The van der Waals surface area contributed by atoms with E-state index in [1.54, 1.807) is 14.2 Å². The fourth-order valence-electron chi connectivity index (χ4n) is 8.20. The van der Waals surface area contributed by atoms with Crippen LogP contribution in [0.5, 0.6) is 23.0 Å². The molecule has 0 aliphatic carbocycles. The lowest BCUT2D eigenvalue weighted by Crippen LogP contribution is -2.45. The van der Waals surface area contributed by atoms with Crippen molar-refractivity contribution in [1.29, 1.82) is 0 Å². The molecular formula is C46H60N2O6. The van der Waals surface area contributed by atoms with Crippen molar-refractivity contribution in [2.24, 2.45) is 11.8 Å². The number of piperidine rings is 2. The van der Waals surface area contributed by atoms with Gasteiger partial charge in [0.1, 0.15) is 48.4 Å². The minimum Gasteiger partial charge on any atom is -0.497 e. The highest BCUT2D eigenvalue weighted by Gasteiger charge is 2.30. The molecule has 0 spiro atoms. The van der Waals surface area contributed by atoms with Crippen LogP contribution in [0.1, 0.15) is 47.9 Å². The summed E-state index contributed by atoms with van der Waals surface area (Å²) in [7, 11) is 3.39. The summed E-state index contributed by atoms with van der Waals surface area (Å²) in [5.74, 6) is 4.92. The summed E-state index contributed by atoms with van der Waals surface area (Å²) < 4.78 is 23.1. The van der Waals surface area contributed by atoms with Gasteiger partial charge in [0.2, 0.25) is 0 Å². The van der Waals surface area contributed by atoms with Gasteiger partial charge >= 0.3 is 0 Å². The lowest BCUT2D eigenvalue weighted by Gasteiger charge is -2.40. The van der Waals surface area contributed by atoms with Crippen LogP contribution in [0, 0.1) is 11.8 Å². The molecule has 4 aromatic rings. The van der Waals surface area contributed by atoms with Crippen molar-refractivity contribution in [2.45, 2.75) is 63.6 Å². The van der Waals surface area contributed by atoms with Crippen LogP contribution in [0.3, 0.4) is 0 Å². The molecule has 8 nitrogen and oxygen atoms in total. The summed E-state index contributed by atoms with van der Waals surface area (Å²) in [5.41, 5.74) is 4.77. The van der Waals surface area contributed by atoms with Gasteiger partial charge in [-0.05, 0) is 148 Å². The van der Waals surface area contributed by atoms with E-state index in [2.05, 4.69) is 46.2 Å². The Morgan fingerprint density at radius 2 is 0.944 bits per heavy atom. The van der Waals surface area contributed by atoms with Gasteiger partial charge in [0.25, 0.3) is 0 Å². The monoisotopic (exact) mass is 736 g/mol. The fourth-order valence-corrected chi connectivity index (χ4v) is 8.20. The fraction of sp³-hybridized carbons (Fsp3) is 0.478. The van der Waals surface area contributed by atoms with Gasteiger partial charge in [0.15, 0.2) is 0 Å². The Hall–Kier alpha value is -4.08. The Bertz CT molecular complexity index is 1580. The van der Waals surface area contributed by atoms with E-state index in [1.165, 1.54) is 36.8 Å². The number of likely N-dealkylation sites (tertiary alicyclic amines) is 2. The Morgan fingerprint density at radius 3 is 1.35 bits per heavy atom. The largest absolute Gasteiger partial charge is 0.497 e. The standard InChI is InChI=1S/C46H60N2O6/c1-51-43-13-7-9-35(29-43)17-19-39-11-3-5-15-45(39)53-33-41(49)31-47-25-21-37(22-26-47)38-23-27-48(28-24-38)32-42(50)34-54-46-16-6-4-12-40(46)20-18-36-10-8-14-44(30-36)52-2/h3-16,29-30,37-38,41-42,49-50H,17-28,31-34H2,1-2H3. The Morgan fingerprint density at radius 1 is 0.537 bits per heavy atom. The van der Waals surface area contributed by atoms with Crippen LogP contribution in [-0.4, -0.2) is 98.9 Å². The first-order valence-corrected chi connectivity index (χ1v) is 19.9. The van der Waals surface area contributed by atoms with Gasteiger partial charge in [-0.1, -0.05) is 60.7 Å². The number of nitrogens with zero attached hydrogens (tertiary/aromatic N) is 2. The maximum absolute atomic E-state index is 10.9. The third-order valence-corrected chi connectivity index (χ3v) is 11.3. The molecule has 2 fully saturated rings. The van der Waals surface area contributed by atoms with Crippen molar-refractivity contribution in [3.8, 4) is 23.0 Å². The maximum Gasteiger partial charge on any atom is 0.122 e. The molecule has 0 radical (unpaired) electrons. The van der Waals surface area contributed by atoms with E-state index < -0.39 is 12.2 Å². The van der Waals surface area contributed by atoms with E-state index in [0.29, 0.717) is 26.3 Å². The van der Waals surface area contributed by atoms with E-state index in [0.717, 1.165) is 97.8 Å². The van der Waals surface area contributed by atoms with E-state index in [4.69, 9.17) is 18.9 Å². The summed E-state index contributed by atoms with van der Waals surface area (Å²) in [6, 6.07) is 32.7. The molecule has 0 amide bonds. The Balaban J connectivity index is 0.857. The number of benzene rings is 4.